The van der Waals surface area contributed by atoms with Gasteiger partial charge in [0.2, 0.25) is 0 Å². The third kappa shape index (κ3) is 6.21. The van der Waals surface area contributed by atoms with E-state index in [4.69, 9.17) is 0 Å². The summed E-state index contributed by atoms with van der Waals surface area (Å²) in [5, 5.41) is 0. The van der Waals surface area contributed by atoms with E-state index < -0.39 is 0 Å². The Morgan fingerprint density at radius 1 is 0.319 bits per heavy atom. The molecule has 1 aliphatic carbocycles. The van der Waals surface area contributed by atoms with E-state index in [9.17, 15) is 0 Å². The Morgan fingerprint density at radius 3 is 0.766 bits per heavy atom. The molecule has 234 valence electrons. The lowest BCUT2D eigenvalue weighted by molar-refractivity contribution is 0.535. The Morgan fingerprint density at radius 2 is 0.532 bits per heavy atom. The largest absolute Gasteiger partial charge is 0.311 e. The molecule has 1 saturated carbocycles. The molecule has 0 atom stereocenters. The maximum absolute atomic E-state index is 2.38. The van der Waals surface area contributed by atoms with Crippen molar-refractivity contribution in [3.05, 3.63) is 179 Å². The van der Waals surface area contributed by atoms with Gasteiger partial charge in [-0.15, -0.1) is 0 Å². The minimum absolute atomic E-state index is 0.0220. The molecule has 7 rings (SSSR count). The summed E-state index contributed by atoms with van der Waals surface area (Å²) < 4.78 is 0. The van der Waals surface area contributed by atoms with E-state index in [1.165, 1.54) is 93.2 Å². The highest BCUT2D eigenvalue weighted by molar-refractivity contribution is 5.78. The maximum Gasteiger partial charge on any atom is 0.0461 e. The molecule has 0 saturated heterocycles. The van der Waals surface area contributed by atoms with Gasteiger partial charge in [0.15, 0.2) is 0 Å². The summed E-state index contributed by atoms with van der Waals surface area (Å²) in [5.74, 6) is 0. The first-order valence-electron chi connectivity index (χ1n) is 17.0. The number of benzene rings is 6. The zero-order chi connectivity index (χ0) is 32.4. The van der Waals surface area contributed by atoms with Gasteiger partial charge < -0.3 is 9.80 Å². The van der Waals surface area contributed by atoms with Gasteiger partial charge in [-0.05, 0) is 124 Å². The quantitative estimate of drug-likeness (QED) is 0.169. The number of aryl methyl sites for hydroxylation is 4. The molecule has 0 unspecified atom stereocenters. The fraction of sp³-hybridized carbons (Fsp3) is 0.200. The summed E-state index contributed by atoms with van der Waals surface area (Å²) in [4.78, 5) is 4.73. The van der Waals surface area contributed by atoms with Crippen LogP contribution in [0.5, 0.6) is 0 Å². The zero-order valence-corrected chi connectivity index (χ0v) is 28.1. The van der Waals surface area contributed by atoms with Crippen LogP contribution < -0.4 is 9.80 Å². The van der Waals surface area contributed by atoms with E-state index in [-0.39, 0.29) is 5.41 Å². The fourth-order valence-electron chi connectivity index (χ4n) is 7.25. The normalized spacial score (nSPS) is 13.8. The van der Waals surface area contributed by atoms with Crippen LogP contribution in [0, 0.1) is 27.7 Å². The van der Waals surface area contributed by atoms with Crippen LogP contribution in [-0.2, 0) is 5.41 Å². The fourth-order valence-corrected chi connectivity index (χ4v) is 7.25. The number of nitrogens with zero attached hydrogens (tertiary/aromatic N) is 2. The standard InChI is InChI=1S/C45H44N2/c1-33-7-19-39(20-8-33)46(40-21-9-34(2)10-22-40)43-27-15-37(16-28-43)45(31-5-6-32-45)38-17-29-44(30-18-38)47(41-23-11-35(3)12-24-41)42-25-13-36(4)14-26-42/h7-30H,5-6,31-32H2,1-4H3. The summed E-state index contributed by atoms with van der Waals surface area (Å²) in [7, 11) is 0. The van der Waals surface area contributed by atoms with Crippen molar-refractivity contribution in [1.29, 1.82) is 0 Å². The topological polar surface area (TPSA) is 6.48 Å². The van der Waals surface area contributed by atoms with E-state index in [0.717, 1.165) is 0 Å². The molecule has 0 bridgehead atoms. The minimum atomic E-state index is 0.0220. The molecule has 0 radical (unpaired) electrons. The highest BCUT2D eigenvalue weighted by Crippen LogP contribution is 2.48. The predicted octanol–water partition coefficient (Wildman–Crippen LogP) is 12.7. The summed E-state index contributed by atoms with van der Waals surface area (Å²) in [5.41, 5.74) is 15.0. The Kier molecular flexibility index (Phi) is 8.43. The molecule has 0 spiro atoms. The van der Waals surface area contributed by atoms with Crippen molar-refractivity contribution in [2.75, 3.05) is 9.80 Å². The molecular weight excluding hydrogens is 569 g/mol. The molecule has 2 heteroatoms. The van der Waals surface area contributed by atoms with Gasteiger partial charge in [-0.1, -0.05) is 108 Å². The molecule has 6 aromatic rings. The van der Waals surface area contributed by atoms with Crippen molar-refractivity contribution in [1.82, 2.24) is 0 Å². The van der Waals surface area contributed by atoms with Gasteiger partial charge in [-0.3, -0.25) is 0 Å². The lowest BCUT2D eigenvalue weighted by atomic mass is 9.73. The van der Waals surface area contributed by atoms with E-state index in [1.54, 1.807) is 0 Å². The van der Waals surface area contributed by atoms with Gasteiger partial charge in [-0.25, -0.2) is 0 Å². The number of rotatable bonds is 8. The first kappa shape index (κ1) is 30.6. The second-order valence-electron chi connectivity index (χ2n) is 13.4. The van der Waals surface area contributed by atoms with Crippen molar-refractivity contribution in [3.63, 3.8) is 0 Å². The number of hydrogen-bond donors (Lipinski definition) is 0. The van der Waals surface area contributed by atoms with Gasteiger partial charge in [-0.2, -0.15) is 0 Å². The van der Waals surface area contributed by atoms with Crippen molar-refractivity contribution in [2.45, 2.75) is 58.8 Å². The van der Waals surface area contributed by atoms with Crippen LogP contribution in [0.3, 0.4) is 0 Å². The second kappa shape index (κ2) is 13.0. The molecule has 2 nitrogen and oxygen atoms in total. The van der Waals surface area contributed by atoms with Crippen molar-refractivity contribution in [2.24, 2.45) is 0 Å². The summed E-state index contributed by atoms with van der Waals surface area (Å²) in [6, 6.07) is 54.2. The molecular formula is C45H44N2. The first-order chi connectivity index (χ1) is 22.9. The molecule has 1 fully saturated rings. The van der Waals surface area contributed by atoms with Gasteiger partial charge in [0.25, 0.3) is 0 Å². The molecule has 0 aliphatic heterocycles. The van der Waals surface area contributed by atoms with Gasteiger partial charge in [0.05, 0.1) is 0 Å². The lowest BCUT2D eigenvalue weighted by Gasteiger charge is -2.33. The molecule has 6 aromatic carbocycles. The second-order valence-corrected chi connectivity index (χ2v) is 13.4. The average molecular weight is 613 g/mol. The van der Waals surface area contributed by atoms with Crippen LogP contribution in [0.2, 0.25) is 0 Å². The van der Waals surface area contributed by atoms with Gasteiger partial charge in [0, 0.05) is 39.5 Å². The Balaban J connectivity index is 1.24. The van der Waals surface area contributed by atoms with E-state index in [0.29, 0.717) is 0 Å². The van der Waals surface area contributed by atoms with Crippen molar-refractivity contribution in [3.8, 4) is 0 Å². The third-order valence-corrected chi connectivity index (χ3v) is 9.98. The van der Waals surface area contributed by atoms with Crippen molar-refractivity contribution >= 4 is 34.1 Å². The number of anilines is 6. The highest BCUT2D eigenvalue weighted by Gasteiger charge is 2.37. The van der Waals surface area contributed by atoms with Gasteiger partial charge >= 0.3 is 0 Å². The van der Waals surface area contributed by atoms with Crippen LogP contribution >= 0.6 is 0 Å². The summed E-state index contributed by atoms with van der Waals surface area (Å²) in [6.07, 6.45) is 4.85. The predicted molar refractivity (Wildman–Crippen MR) is 200 cm³/mol. The van der Waals surface area contributed by atoms with Crippen LogP contribution in [0.1, 0.15) is 59.1 Å². The lowest BCUT2D eigenvalue weighted by Crippen LogP contribution is -2.24. The highest BCUT2D eigenvalue weighted by atomic mass is 15.1. The van der Waals surface area contributed by atoms with Crippen LogP contribution in [0.15, 0.2) is 146 Å². The minimum Gasteiger partial charge on any atom is -0.311 e. The van der Waals surface area contributed by atoms with E-state index in [2.05, 4.69) is 183 Å². The Hall–Kier alpha value is -5.08. The molecule has 0 aromatic heterocycles. The van der Waals surface area contributed by atoms with Crippen LogP contribution in [-0.4, -0.2) is 0 Å². The smallest absolute Gasteiger partial charge is 0.0461 e. The molecule has 0 N–H and O–H groups in total. The molecule has 47 heavy (non-hydrogen) atoms. The number of hydrogen-bond acceptors (Lipinski definition) is 2. The zero-order valence-electron chi connectivity index (χ0n) is 28.1. The van der Waals surface area contributed by atoms with E-state index in [1.807, 2.05) is 0 Å². The van der Waals surface area contributed by atoms with Crippen molar-refractivity contribution < 1.29 is 0 Å². The average Bonchev–Trinajstić information content (AvgIpc) is 3.60. The molecule has 0 heterocycles. The van der Waals surface area contributed by atoms with Crippen LogP contribution in [0.4, 0.5) is 34.1 Å². The maximum atomic E-state index is 2.38. The summed E-state index contributed by atoms with van der Waals surface area (Å²) >= 11 is 0. The molecule has 0 amide bonds. The SMILES string of the molecule is Cc1ccc(N(c2ccc(C)cc2)c2ccc(C3(c4ccc(N(c5ccc(C)cc5)c5ccc(C)cc5)cc4)CCCC3)cc2)cc1. The van der Waals surface area contributed by atoms with Gasteiger partial charge in [0.1, 0.15) is 0 Å². The first-order valence-corrected chi connectivity index (χ1v) is 17.0. The van der Waals surface area contributed by atoms with Crippen LogP contribution in [0.25, 0.3) is 0 Å². The Labute approximate surface area is 281 Å². The van der Waals surface area contributed by atoms with E-state index >= 15 is 0 Å². The monoisotopic (exact) mass is 612 g/mol. The third-order valence-electron chi connectivity index (χ3n) is 9.98. The summed E-state index contributed by atoms with van der Waals surface area (Å²) in [6.45, 7) is 8.58. The Bertz CT molecular complexity index is 1680. The molecule has 1 aliphatic rings.